The highest BCUT2D eigenvalue weighted by molar-refractivity contribution is 4.78. The van der Waals surface area contributed by atoms with Crippen molar-refractivity contribution in [3.8, 4) is 0 Å². The van der Waals surface area contributed by atoms with Gasteiger partial charge in [0.05, 0.1) is 0 Å². The summed E-state index contributed by atoms with van der Waals surface area (Å²) in [5, 5.41) is 3.58. The molecule has 0 radical (unpaired) electrons. The summed E-state index contributed by atoms with van der Waals surface area (Å²) in [6, 6.07) is 1.16. The molecule has 0 aliphatic heterocycles. The predicted molar refractivity (Wildman–Crippen MR) is 64.0 cm³/mol. The summed E-state index contributed by atoms with van der Waals surface area (Å²) >= 11 is 0. The van der Waals surface area contributed by atoms with Crippen molar-refractivity contribution in [2.24, 2.45) is 5.73 Å². The second kappa shape index (κ2) is 8.08. The number of hydrogen-bond acceptors (Lipinski definition) is 3. The van der Waals surface area contributed by atoms with Gasteiger partial charge in [-0.05, 0) is 45.1 Å². The lowest BCUT2D eigenvalue weighted by Crippen LogP contribution is -2.37. The molecule has 1 aliphatic rings. The van der Waals surface area contributed by atoms with Crippen LogP contribution in [0.2, 0.25) is 0 Å². The van der Waals surface area contributed by atoms with Gasteiger partial charge in [-0.3, -0.25) is 0 Å². The minimum atomic E-state index is 0.455. The van der Waals surface area contributed by atoms with E-state index in [1.807, 2.05) is 0 Å². The monoisotopic (exact) mass is 214 g/mol. The van der Waals surface area contributed by atoms with E-state index in [1.54, 1.807) is 0 Å². The van der Waals surface area contributed by atoms with Crippen LogP contribution in [0.5, 0.6) is 0 Å². The molecule has 1 fully saturated rings. The van der Waals surface area contributed by atoms with Crippen LogP contribution in [0, 0.1) is 0 Å². The van der Waals surface area contributed by atoms with Crippen LogP contribution < -0.4 is 11.1 Å². The fourth-order valence-electron chi connectivity index (χ4n) is 2.05. The van der Waals surface area contributed by atoms with Crippen molar-refractivity contribution < 1.29 is 4.74 Å². The van der Waals surface area contributed by atoms with Crippen LogP contribution in [0.15, 0.2) is 0 Å². The molecule has 1 aliphatic carbocycles. The molecule has 15 heavy (non-hydrogen) atoms. The van der Waals surface area contributed by atoms with Gasteiger partial charge >= 0.3 is 0 Å². The molecule has 0 bridgehead atoms. The van der Waals surface area contributed by atoms with Crippen LogP contribution in [0.4, 0.5) is 0 Å². The first-order valence-electron chi connectivity index (χ1n) is 6.39. The van der Waals surface area contributed by atoms with E-state index in [0.717, 1.165) is 32.6 Å². The van der Waals surface area contributed by atoms with Gasteiger partial charge in [-0.2, -0.15) is 0 Å². The van der Waals surface area contributed by atoms with E-state index >= 15 is 0 Å². The van der Waals surface area contributed by atoms with E-state index in [1.165, 1.54) is 25.7 Å². The third kappa shape index (κ3) is 6.13. The Morgan fingerprint density at radius 2 is 1.93 bits per heavy atom. The van der Waals surface area contributed by atoms with Crippen molar-refractivity contribution >= 4 is 0 Å². The Balaban J connectivity index is 1.87. The van der Waals surface area contributed by atoms with Gasteiger partial charge in [0.2, 0.25) is 0 Å². The summed E-state index contributed by atoms with van der Waals surface area (Å²) in [7, 11) is 0. The molecule has 0 aromatic carbocycles. The summed E-state index contributed by atoms with van der Waals surface area (Å²) in [4.78, 5) is 0. The number of nitrogens with one attached hydrogen (secondary N) is 1. The molecule has 1 rings (SSSR count). The lowest BCUT2D eigenvalue weighted by molar-refractivity contribution is 0.131. The van der Waals surface area contributed by atoms with Crippen LogP contribution in [0.3, 0.4) is 0 Å². The maximum atomic E-state index is 5.86. The van der Waals surface area contributed by atoms with Crippen LogP contribution in [-0.2, 0) is 4.74 Å². The third-order valence-electron chi connectivity index (χ3n) is 3.02. The molecule has 0 spiro atoms. The second-order valence-corrected chi connectivity index (χ2v) is 4.53. The van der Waals surface area contributed by atoms with E-state index in [9.17, 15) is 0 Å². The topological polar surface area (TPSA) is 47.3 Å². The highest BCUT2D eigenvalue weighted by Crippen LogP contribution is 2.16. The molecular formula is C12H26N2O. The molecule has 0 saturated heterocycles. The van der Waals surface area contributed by atoms with Crippen molar-refractivity contribution in [2.45, 2.75) is 57.5 Å². The summed E-state index contributed by atoms with van der Waals surface area (Å²) in [6.07, 6.45) is 7.11. The average Bonchev–Trinajstić information content (AvgIpc) is 2.26. The molecular weight excluding hydrogens is 188 g/mol. The fourth-order valence-corrected chi connectivity index (χ4v) is 2.05. The zero-order chi connectivity index (χ0) is 10.9. The first-order chi connectivity index (χ1) is 7.33. The second-order valence-electron chi connectivity index (χ2n) is 4.53. The maximum absolute atomic E-state index is 5.86. The molecule has 0 amide bonds. The van der Waals surface area contributed by atoms with Crippen molar-refractivity contribution in [3.63, 3.8) is 0 Å². The number of hydrogen-bond donors (Lipinski definition) is 2. The Morgan fingerprint density at radius 3 is 2.60 bits per heavy atom. The molecule has 3 nitrogen and oxygen atoms in total. The first-order valence-corrected chi connectivity index (χ1v) is 6.39. The Kier molecular flexibility index (Phi) is 6.98. The maximum Gasteiger partial charge on any atom is 0.0478 e. The van der Waals surface area contributed by atoms with E-state index in [2.05, 4.69) is 12.2 Å². The van der Waals surface area contributed by atoms with Crippen molar-refractivity contribution in [1.29, 1.82) is 0 Å². The van der Waals surface area contributed by atoms with Crippen LogP contribution in [0.1, 0.15) is 45.4 Å². The minimum Gasteiger partial charge on any atom is -0.381 e. The van der Waals surface area contributed by atoms with Crippen molar-refractivity contribution in [3.05, 3.63) is 0 Å². The zero-order valence-electron chi connectivity index (χ0n) is 10.0. The van der Waals surface area contributed by atoms with E-state index in [-0.39, 0.29) is 0 Å². The molecule has 90 valence electrons. The fraction of sp³-hybridized carbons (Fsp3) is 1.00. The quantitative estimate of drug-likeness (QED) is 0.634. The van der Waals surface area contributed by atoms with Gasteiger partial charge in [-0.25, -0.2) is 0 Å². The Labute approximate surface area is 93.8 Å². The number of rotatable bonds is 7. The lowest BCUT2D eigenvalue weighted by Gasteiger charge is -2.26. The molecule has 0 heterocycles. The molecule has 3 heteroatoms. The minimum absolute atomic E-state index is 0.455. The summed E-state index contributed by atoms with van der Waals surface area (Å²) in [5.74, 6) is 0. The molecule has 0 aromatic rings. The van der Waals surface area contributed by atoms with Crippen LogP contribution >= 0.6 is 0 Å². The Hall–Kier alpha value is -0.120. The van der Waals surface area contributed by atoms with Gasteiger partial charge < -0.3 is 15.8 Å². The van der Waals surface area contributed by atoms with Crippen LogP contribution in [-0.4, -0.2) is 31.8 Å². The van der Waals surface area contributed by atoms with E-state index in [4.69, 9.17) is 10.5 Å². The molecule has 0 atom stereocenters. The molecule has 0 aromatic heterocycles. The average molecular weight is 214 g/mol. The lowest BCUT2D eigenvalue weighted by atomic mass is 9.92. The van der Waals surface area contributed by atoms with Gasteiger partial charge in [0, 0.05) is 25.3 Å². The zero-order valence-corrected chi connectivity index (χ0v) is 10.0. The van der Waals surface area contributed by atoms with Gasteiger partial charge in [0.25, 0.3) is 0 Å². The van der Waals surface area contributed by atoms with E-state index in [0.29, 0.717) is 12.1 Å². The van der Waals surface area contributed by atoms with Crippen molar-refractivity contribution in [2.75, 3.05) is 19.8 Å². The molecule has 0 unspecified atom stereocenters. The molecule has 1 saturated carbocycles. The molecule has 3 N–H and O–H groups in total. The van der Waals surface area contributed by atoms with Gasteiger partial charge in [0.15, 0.2) is 0 Å². The standard InChI is InChI=1S/C12H26N2O/c1-2-9-15-10-3-8-14-12-6-4-11(13)5-7-12/h11-12,14H,2-10,13H2,1H3. The smallest absolute Gasteiger partial charge is 0.0478 e. The highest BCUT2D eigenvalue weighted by Gasteiger charge is 2.17. The Morgan fingerprint density at radius 1 is 1.20 bits per heavy atom. The van der Waals surface area contributed by atoms with Crippen LogP contribution in [0.25, 0.3) is 0 Å². The van der Waals surface area contributed by atoms with Gasteiger partial charge in [0.1, 0.15) is 0 Å². The van der Waals surface area contributed by atoms with Gasteiger partial charge in [-0.15, -0.1) is 0 Å². The summed E-state index contributed by atoms with van der Waals surface area (Å²) < 4.78 is 5.43. The number of ether oxygens (including phenoxy) is 1. The highest BCUT2D eigenvalue weighted by atomic mass is 16.5. The first kappa shape index (κ1) is 12.9. The number of nitrogens with two attached hydrogens (primary N) is 1. The Bertz CT molecular complexity index is 145. The van der Waals surface area contributed by atoms with E-state index < -0.39 is 0 Å². The van der Waals surface area contributed by atoms with Gasteiger partial charge in [-0.1, -0.05) is 6.92 Å². The van der Waals surface area contributed by atoms with Crippen molar-refractivity contribution in [1.82, 2.24) is 5.32 Å². The predicted octanol–water partition coefficient (Wildman–Crippen LogP) is 1.66. The normalized spacial score (nSPS) is 26.8. The summed E-state index contributed by atoms with van der Waals surface area (Å²) in [5.41, 5.74) is 5.86. The largest absolute Gasteiger partial charge is 0.381 e. The SMILES string of the molecule is CCCOCCCNC1CCC(N)CC1. The third-order valence-corrected chi connectivity index (χ3v) is 3.02. The summed E-state index contributed by atoms with van der Waals surface area (Å²) in [6.45, 7) is 5.03.